The molecule has 3 heterocycles. The summed E-state index contributed by atoms with van der Waals surface area (Å²) >= 11 is 0. The summed E-state index contributed by atoms with van der Waals surface area (Å²) < 4.78 is 13.2. The molecule has 2 aromatic heterocycles. The number of aromatic amines is 1. The zero-order chi connectivity index (χ0) is 17.9. The highest BCUT2D eigenvalue weighted by Gasteiger charge is 2.28. The summed E-state index contributed by atoms with van der Waals surface area (Å²) in [6.45, 7) is 1.38. The molecular weight excluding hydrogens is 331 g/mol. The van der Waals surface area contributed by atoms with Gasteiger partial charge < -0.3 is 4.90 Å². The third-order valence-corrected chi connectivity index (χ3v) is 4.87. The topological polar surface area (TPSA) is 61.9 Å². The van der Waals surface area contributed by atoms with E-state index in [-0.39, 0.29) is 17.6 Å². The molecule has 1 fully saturated rings. The molecule has 26 heavy (non-hydrogen) atoms. The second-order valence-electron chi connectivity index (χ2n) is 6.53. The number of rotatable bonds is 3. The van der Waals surface area contributed by atoms with E-state index in [4.69, 9.17) is 0 Å². The van der Waals surface area contributed by atoms with Crippen molar-refractivity contribution in [2.45, 2.75) is 18.8 Å². The first-order valence-electron chi connectivity index (χ1n) is 8.71. The number of hydrogen-bond acceptors (Lipinski definition) is 3. The molecule has 0 radical (unpaired) electrons. The molecule has 1 N–H and O–H groups in total. The zero-order valence-electron chi connectivity index (χ0n) is 14.2. The van der Waals surface area contributed by atoms with Crippen molar-refractivity contribution < 1.29 is 9.18 Å². The van der Waals surface area contributed by atoms with Gasteiger partial charge in [0.05, 0.1) is 6.20 Å². The number of nitrogens with one attached hydrogen (secondary N) is 1. The highest BCUT2D eigenvalue weighted by Crippen LogP contribution is 2.33. The summed E-state index contributed by atoms with van der Waals surface area (Å²) in [6, 6.07) is 9.90. The van der Waals surface area contributed by atoms with Gasteiger partial charge in [-0.1, -0.05) is 12.1 Å². The summed E-state index contributed by atoms with van der Waals surface area (Å²) in [6.07, 6.45) is 6.96. The molecule has 0 unspecified atom stereocenters. The van der Waals surface area contributed by atoms with Crippen LogP contribution in [0.2, 0.25) is 0 Å². The quantitative estimate of drug-likeness (QED) is 0.785. The molecule has 1 amide bonds. The lowest BCUT2D eigenvalue weighted by atomic mass is 9.90. The Morgan fingerprint density at radius 2 is 1.92 bits per heavy atom. The molecule has 0 bridgehead atoms. The van der Waals surface area contributed by atoms with Crippen LogP contribution in [0.15, 0.2) is 55.0 Å². The van der Waals surface area contributed by atoms with Crippen LogP contribution >= 0.6 is 0 Å². The first-order chi connectivity index (χ1) is 12.7. The Hall–Kier alpha value is -3.02. The number of carbonyl (C=O) groups excluding carboxylic acids is 1. The lowest BCUT2D eigenvalue weighted by molar-refractivity contribution is 0.0706. The van der Waals surface area contributed by atoms with Crippen molar-refractivity contribution in [2.24, 2.45) is 0 Å². The zero-order valence-corrected chi connectivity index (χ0v) is 14.2. The van der Waals surface area contributed by atoms with Gasteiger partial charge in [0.25, 0.3) is 5.91 Å². The number of nitrogens with zero attached hydrogens (tertiary/aromatic N) is 3. The number of amides is 1. The van der Waals surface area contributed by atoms with Gasteiger partial charge in [0.15, 0.2) is 0 Å². The van der Waals surface area contributed by atoms with Gasteiger partial charge in [-0.25, -0.2) is 4.39 Å². The molecule has 5 nitrogen and oxygen atoms in total. The maximum absolute atomic E-state index is 13.2. The largest absolute Gasteiger partial charge is 0.338 e. The van der Waals surface area contributed by atoms with Gasteiger partial charge in [-0.05, 0) is 42.7 Å². The van der Waals surface area contributed by atoms with Gasteiger partial charge in [0.1, 0.15) is 5.82 Å². The summed E-state index contributed by atoms with van der Waals surface area (Å²) in [4.78, 5) is 18.6. The van der Waals surface area contributed by atoms with Crippen LogP contribution in [0.3, 0.4) is 0 Å². The summed E-state index contributed by atoms with van der Waals surface area (Å²) in [5.74, 6) is -0.0531. The molecule has 3 aromatic rings. The van der Waals surface area contributed by atoms with E-state index in [0.29, 0.717) is 12.1 Å². The number of aromatic nitrogens is 3. The second-order valence-corrected chi connectivity index (χ2v) is 6.53. The van der Waals surface area contributed by atoms with Crippen LogP contribution in [-0.2, 0) is 0 Å². The van der Waals surface area contributed by atoms with E-state index in [2.05, 4.69) is 15.2 Å². The molecule has 1 aromatic carbocycles. The Kier molecular flexibility index (Phi) is 4.48. The maximum Gasteiger partial charge on any atom is 0.253 e. The van der Waals surface area contributed by atoms with Crippen LogP contribution < -0.4 is 0 Å². The van der Waals surface area contributed by atoms with Crippen LogP contribution in [0.25, 0.3) is 11.1 Å². The smallest absolute Gasteiger partial charge is 0.253 e. The number of hydrogen-bond donors (Lipinski definition) is 1. The van der Waals surface area contributed by atoms with Crippen LogP contribution in [0.5, 0.6) is 0 Å². The van der Waals surface area contributed by atoms with Crippen molar-refractivity contribution in [1.29, 1.82) is 0 Å². The highest BCUT2D eigenvalue weighted by atomic mass is 19.1. The number of H-pyrrole nitrogens is 1. The second kappa shape index (κ2) is 7.07. The molecule has 0 aliphatic carbocycles. The highest BCUT2D eigenvalue weighted by molar-refractivity contribution is 5.94. The summed E-state index contributed by atoms with van der Waals surface area (Å²) in [5, 5.41) is 7.29. The third-order valence-electron chi connectivity index (χ3n) is 4.87. The number of pyridine rings is 1. The van der Waals surface area contributed by atoms with E-state index in [1.54, 1.807) is 42.9 Å². The summed E-state index contributed by atoms with van der Waals surface area (Å²) in [5.41, 5.74) is 3.55. The Morgan fingerprint density at radius 3 is 2.69 bits per heavy atom. The molecule has 1 aliphatic heterocycles. The van der Waals surface area contributed by atoms with Gasteiger partial charge in [0.2, 0.25) is 0 Å². The van der Waals surface area contributed by atoms with Crippen molar-refractivity contribution in [1.82, 2.24) is 20.1 Å². The molecule has 132 valence electrons. The van der Waals surface area contributed by atoms with E-state index in [1.807, 2.05) is 4.90 Å². The van der Waals surface area contributed by atoms with E-state index in [0.717, 1.165) is 36.2 Å². The van der Waals surface area contributed by atoms with Gasteiger partial charge >= 0.3 is 0 Å². The monoisotopic (exact) mass is 350 g/mol. The van der Waals surface area contributed by atoms with Crippen LogP contribution in [0.4, 0.5) is 4.39 Å². The van der Waals surface area contributed by atoms with Crippen molar-refractivity contribution in [2.75, 3.05) is 13.1 Å². The molecule has 6 heteroatoms. The van der Waals surface area contributed by atoms with Crippen LogP contribution in [0, 0.1) is 5.82 Å². The number of benzene rings is 1. The normalized spacial score (nSPS) is 17.3. The number of piperidine rings is 1. The molecule has 1 atom stereocenters. The van der Waals surface area contributed by atoms with E-state index < -0.39 is 0 Å². The lowest BCUT2D eigenvalue weighted by Gasteiger charge is -2.32. The molecule has 0 saturated carbocycles. The SMILES string of the molecule is O=C(c1ccncc1)N1CCC[C@@H](c2[nH]ncc2-c2ccc(F)cc2)C1. The Morgan fingerprint density at radius 1 is 1.15 bits per heavy atom. The van der Waals surface area contributed by atoms with Crippen molar-refractivity contribution >= 4 is 5.91 Å². The average molecular weight is 350 g/mol. The van der Waals surface area contributed by atoms with Crippen molar-refractivity contribution in [3.05, 3.63) is 72.1 Å². The Labute approximate surface area is 150 Å². The fourth-order valence-electron chi connectivity index (χ4n) is 3.54. The van der Waals surface area contributed by atoms with Crippen molar-refractivity contribution in [3.63, 3.8) is 0 Å². The minimum absolute atomic E-state index is 0.0277. The van der Waals surface area contributed by atoms with Gasteiger partial charge in [-0.3, -0.25) is 14.9 Å². The predicted octanol–water partition coefficient (Wildman–Crippen LogP) is 3.63. The molecule has 1 saturated heterocycles. The number of likely N-dealkylation sites (tertiary alicyclic amines) is 1. The fourth-order valence-corrected chi connectivity index (χ4v) is 3.54. The van der Waals surface area contributed by atoms with Gasteiger partial charge in [-0.2, -0.15) is 5.10 Å². The molecule has 1 aliphatic rings. The predicted molar refractivity (Wildman–Crippen MR) is 96.1 cm³/mol. The average Bonchev–Trinajstić information content (AvgIpc) is 3.19. The molecule has 4 rings (SSSR count). The minimum atomic E-state index is -0.259. The first-order valence-corrected chi connectivity index (χ1v) is 8.71. The van der Waals surface area contributed by atoms with Crippen LogP contribution in [-0.4, -0.2) is 39.1 Å². The molecule has 0 spiro atoms. The third kappa shape index (κ3) is 3.22. The van der Waals surface area contributed by atoms with Gasteiger partial charge in [0, 0.05) is 48.2 Å². The minimum Gasteiger partial charge on any atom is -0.338 e. The maximum atomic E-state index is 13.2. The van der Waals surface area contributed by atoms with Crippen LogP contribution in [0.1, 0.15) is 34.8 Å². The Balaban J connectivity index is 1.57. The fraction of sp³-hybridized carbons (Fsp3) is 0.250. The first kappa shape index (κ1) is 16.4. The van der Waals surface area contributed by atoms with Gasteiger partial charge in [-0.15, -0.1) is 0 Å². The van der Waals surface area contributed by atoms with Crippen molar-refractivity contribution in [3.8, 4) is 11.1 Å². The standard InChI is InChI=1S/C20H19FN4O/c21-17-5-3-14(4-6-17)18-12-23-24-19(18)16-2-1-11-25(13-16)20(26)15-7-9-22-10-8-15/h3-10,12,16H,1-2,11,13H2,(H,23,24)/t16-/m1/s1. The molecular formula is C20H19FN4O. The van der Waals surface area contributed by atoms with E-state index in [9.17, 15) is 9.18 Å². The number of carbonyl (C=O) groups is 1. The lowest BCUT2D eigenvalue weighted by Crippen LogP contribution is -2.39. The number of halogens is 1. The Bertz CT molecular complexity index is 892. The van der Waals surface area contributed by atoms with E-state index >= 15 is 0 Å². The summed E-state index contributed by atoms with van der Waals surface area (Å²) in [7, 11) is 0. The van der Waals surface area contributed by atoms with E-state index in [1.165, 1.54) is 12.1 Å².